The lowest BCUT2D eigenvalue weighted by molar-refractivity contribution is -0.149. The minimum atomic E-state index is -0.393. The average Bonchev–Trinajstić information content (AvgIpc) is 2.75. The van der Waals surface area contributed by atoms with Crippen molar-refractivity contribution in [1.82, 2.24) is 0 Å². The molecule has 0 amide bonds. The Morgan fingerprint density at radius 3 is 2.00 bits per heavy atom. The number of cyclic esters (lactones) is 1. The van der Waals surface area contributed by atoms with Gasteiger partial charge in [-0.3, -0.25) is 4.79 Å². The first-order chi connectivity index (χ1) is 15.2. The molecule has 0 aromatic heterocycles. The summed E-state index contributed by atoms with van der Waals surface area (Å²) in [5.41, 5.74) is 5.44. The molecule has 31 heavy (non-hydrogen) atoms. The first kappa shape index (κ1) is 27.9. The van der Waals surface area contributed by atoms with Gasteiger partial charge in [0.25, 0.3) is 0 Å². The summed E-state index contributed by atoms with van der Waals surface area (Å²) in [5, 5.41) is 0. The predicted molar refractivity (Wildman–Crippen MR) is 130 cm³/mol. The number of carbonyl (C=O) groups is 2. The molecular weight excluding hydrogens is 410 g/mol. The Bertz CT molecular complexity index is 510. The van der Waals surface area contributed by atoms with Gasteiger partial charge < -0.3 is 15.2 Å². The molecule has 1 aliphatic rings. The van der Waals surface area contributed by atoms with Crippen LogP contribution in [0.3, 0.4) is 0 Å². The fourth-order valence-corrected chi connectivity index (χ4v) is 4.65. The van der Waals surface area contributed by atoms with E-state index in [1.165, 1.54) is 101 Å². The number of carbonyl (C=O) groups excluding carboxylic acids is 2. The molecule has 1 unspecified atom stereocenters. The lowest BCUT2D eigenvalue weighted by atomic mass is 10.0. The van der Waals surface area contributed by atoms with E-state index in [4.69, 9.17) is 15.2 Å². The third kappa shape index (κ3) is 15.3. The number of esters is 2. The van der Waals surface area contributed by atoms with Gasteiger partial charge in [-0.25, -0.2) is 4.79 Å². The third-order valence-electron chi connectivity index (χ3n) is 5.73. The zero-order chi connectivity index (χ0) is 22.6. The van der Waals surface area contributed by atoms with E-state index in [0.717, 1.165) is 12.8 Å². The van der Waals surface area contributed by atoms with Crippen LogP contribution in [0.25, 0.3) is 0 Å². The first-order valence-corrected chi connectivity index (χ1v) is 13.6. The fraction of sp³-hybridized carbons (Fsp3) is 0.840. The predicted octanol–water partition coefficient (Wildman–Crippen LogP) is 6.64. The van der Waals surface area contributed by atoms with Crippen LogP contribution in [0.1, 0.15) is 116 Å². The number of ether oxygens (including phenoxy) is 2. The number of nitrogens with two attached hydrogens (primary N) is 1. The normalized spacial score (nSPS) is 18.4. The SMILES string of the molecule is CCCCCCCCCCCCCCCCCC(=O)OC1CCOC(=O)C(=CN)SC1. The standard InChI is InChI=1S/C25H45NO4S/c1-2-3-4-5-6-7-8-9-10-11-12-13-14-15-16-17-24(27)30-22-18-19-29-25(28)23(20-26)31-21-22/h20,22H,2-19,21,26H2,1H3. The summed E-state index contributed by atoms with van der Waals surface area (Å²) in [6.07, 6.45) is 21.7. The molecule has 0 aromatic carbocycles. The van der Waals surface area contributed by atoms with Crippen LogP contribution in [0.4, 0.5) is 0 Å². The fourth-order valence-electron chi connectivity index (χ4n) is 3.77. The van der Waals surface area contributed by atoms with Gasteiger partial charge in [0.05, 0.1) is 6.61 Å². The average molecular weight is 456 g/mol. The van der Waals surface area contributed by atoms with Crippen molar-refractivity contribution in [2.24, 2.45) is 5.73 Å². The zero-order valence-electron chi connectivity index (χ0n) is 19.7. The van der Waals surface area contributed by atoms with Crippen LogP contribution in [0.5, 0.6) is 0 Å². The van der Waals surface area contributed by atoms with E-state index in [1.807, 2.05) is 0 Å². The van der Waals surface area contributed by atoms with E-state index in [0.29, 0.717) is 23.5 Å². The van der Waals surface area contributed by atoms with Gasteiger partial charge >= 0.3 is 11.9 Å². The van der Waals surface area contributed by atoms with E-state index in [9.17, 15) is 9.59 Å². The van der Waals surface area contributed by atoms with Gasteiger partial charge in [-0.1, -0.05) is 96.8 Å². The minimum Gasteiger partial charge on any atom is -0.462 e. The van der Waals surface area contributed by atoms with Crippen molar-refractivity contribution in [3.05, 3.63) is 11.1 Å². The molecule has 1 fully saturated rings. The Balaban J connectivity index is 1.91. The molecule has 1 aliphatic heterocycles. The molecule has 180 valence electrons. The summed E-state index contributed by atoms with van der Waals surface area (Å²) in [5.74, 6) is 0.00322. The Kier molecular flexibility index (Phi) is 17.5. The molecule has 0 spiro atoms. The van der Waals surface area contributed by atoms with E-state index < -0.39 is 5.97 Å². The van der Waals surface area contributed by atoms with E-state index in [-0.39, 0.29) is 18.7 Å². The van der Waals surface area contributed by atoms with Crippen molar-refractivity contribution in [3.63, 3.8) is 0 Å². The highest BCUT2D eigenvalue weighted by Gasteiger charge is 2.22. The van der Waals surface area contributed by atoms with E-state index >= 15 is 0 Å². The smallest absolute Gasteiger partial charge is 0.346 e. The molecule has 1 heterocycles. The summed E-state index contributed by atoms with van der Waals surface area (Å²) < 4.78 is 10.6. The van der Waals surface area contributed by atoms with E-state index in [2.05, 4.69) is 6.92 Å². The topological polar surface area (TPSA) is 78.6 Å². The molecule has 1 rings (SSSR count). The molecule has 0 aromatic rings. The van der Waals surface area contributed by atoms with Crippen molar-refractivity contribution in [2.75, 3.05) is 12.4 Å². The van der Waals surface area contributed by atoms with Crippen LogP contribution in [-0.2, 0) is 19.1 Å². The molecule has 1 atom stereocenters. The van der Waals surface area contributed by atoms with Crippen LogP contribution < -0.4 is 5.73 Å². The maximum Gasteiger partial charge on any atom is 0.346 e. The highest BCUT2D eigenvalue weighted by Crippen LogP contribution is 2.23. The largest absolute Gasteiger partial charge is 0.462 e. The van der Waals surface area contributed by atoms with Gasteiger partial charge in [-0.15, -0.1) is 11.8 Å². The lowest BCUT2D eigenvalue weighted by Gasteiger charge is -2.20. The molecule has 6 heteroatoms. The van der Waals surface area contributed by atoms with Gasteiger partial charge in [-0.05, 0) is 6.42 Å². The highest BCUT2D eigenvalue weighted by atomic mass is 32.2. The van der Waals surface area contributed by atoms with Gasteiger partial charge in [-0.2, -0.15) is 0 Å². The van der Waals surface area contributed by atoms with Crippen LogP contribution in [0.2, 0.25) is 0 Å². The van der Waals surface area contributed by atoms with Crippen molar-refractivity contribution in [3.8, 4) is 0 Å². The Morgan fingerprint density at radius 2 is 1.48 bits per heavy atom. The molecule has 2 N–H and O–H groups in total. The van der Waals surface area contributed by atoms with Crippen molar-refractivity contribution in [2.45, 2.75) is 122 Å². The number of rotatable bonds is 17. The monoisotopic (exact) mass is 455 g/mol. The molecule has 5 nitrogen and oxygen atoms in total. The maximum absolute atomic E-state index is 12.1. The van der Waals surface area contributed by atoms with E-state index in [1.54, 1.807) is 0 Å². The van der Waals surface area contributed by atoms with Crippen LogP contribution in [-0.4, -0.2) is 30.4 Å². The molecule has 0 saturated carbocycles. The van der Waals surface area contributed by atoms with Gasteiger partial charge in [0, 0.05) is 24.8 Å². The summed E-state index contributed by atoms with van der Waals surface area (Å²) in [6, 6.07) is 0. The highest BCUT2D eigenvalue weighted by molar-refractivity contribution is 8.04. The molecule has 0 aliphatic carbocycles. The second kappa shape index (κ2) is 19.5. The van der Waals surface area contributed by atoms with Crippen molar-refractivity contribution >= 4 is 23.7 Å². The number of hydrogen-bond acceptors (Lipinski definition) is 6. The number of hydrogen-bond donors (Lipinski definition) is 1. The van der Waals surface area contributed by atoms with Gasteiger partial charge in [0.1, 0.15) is 11.0 Å². The first-order valence-electron chi connectivity index (χ1n) is 12.6. The second-order valence-corrected chi connectivity index (χ2v) is 9.64. The third-order valence-corrected chi connectivity index (χ3v) is 6.89. The zero-order valence-corrected chi connectivity index (χ0v) is 20.5. The summed E-state index contributed by atoms with van der Waals surface area (Å²) in [7, 11) is 0. The Hall–Kier alpha value is -1.17. The van der Waals surface area contributed by atoms with Crippen molar-refractivity contribution < 1.29 is 19.1 Å². The summed E-state index contributed by atoms with van der Waals surface area (Å²) in [6.45, 7) is 2.53. The Labute approximate surface area is 194 Å². The number of unbranched alkanes of at least 4 members (excludes halogenated alkanes) is 14. The van der Waals surface area contributed by atoms with Gasteiger partial charge in [0.15, 0.2) is 0 Å². The molecular formula is C25H45NO4S. The number of thioether (sulfide) groups is 1. The minimum absolute atomic E-state index is 0.148. The molecule has 1 saturated heterocycles. The lowest BCUT2D eigenvalue weighted by Crippen LogP contribution is -2.26. The van der Waals surface area contributed by atoms with Crippen LogP contribution >= 0.6 is 11.8 Å². The Morgan fingerprint density at radius 1 is 0.968 bits per heavy atom. The maximum atomic E-state index is 12.1. The van der Waals surface area contributed by atoms with Crippen molar-refractivity contribution in [1.29, 1.82) is 0 Å². The molecule has 0 radical (unpaired) electrons. The van der Waals surface area contributed by atoms with Crippen LogP contribution in [0, 0.1) is 0 Å². The van der Waals surface area contributed by atoms with Crippen LogP contribution in [0.15, 0.2) is 11.1 Å². The quantitative estimate of drug-likeness (QED) is 0.150. The molecule has 0 bridgehead atoms. The van der Waals surface area contributed by atoms with Gasteiger partial charge in [0.2, 0.25) is 0 Å². The second-order valence-electron chi connectivity index (χ2n) is 8.58. The summed E-state index contributed by atoms with van der Waals surface area (Å²) in [4.78, 5) is 24.1. The summed E-state index contributed by atoms with van der Waals surface area (Å²) >= 11 is 1.29.